The Labute approximate surface area is 180 Å². The number of benzene rings is 1. The van der Waals surface area contributed by atoms with Crippen LogP contribution in [0.5, 0.6) is 11.5 Å². The Morgan fingerprint density at radius 2 is 1.96 bits per heavy atom. The van der Waals surface area contributed by atoms with E-state index in [1.165, 1.54) is 4.90 Å². The lowest BCUT2D eigenvalue weighted by Crippen LogP contribution is -2.45. The van der Waals surface area contributed by atoms with E-state index in [0.29, 0.717) is 43.5 Å². The molecule has 0 saturated carbocycles. The van der Waals surface area contributed by atoms with Crippen LogP contribution in [0.25, 0.3) is 0 Å². The molecule has 10 heteroatoms. The Balaban J connectivity index is 0.00000392. The molecule has 1 aliphatic heterocycles. The molecule has 1 aromatic carbocycles. The molecule has 0 bridgehead atoms. The highest BCUT2D eigenvalue weighted by atomic mass is 127. The van der Waals surface area contributed by atoms with Gasteiger partial charge in [-0.1, -0.05) is 6.07 Å². The largest absolute Gasteiger partial charge is 0.493 e. The topological polar surface area (TPSA) is 58.1 Å². The van der Waals surface area contributed by atoms with Crippen LogP contribution in [0.2, 0.25) is 0 Å². The molecule has 160 valence electrons. The molecule has 1 atom stereocenters. The maximum atomic E-state index is 12.5. The minimum absolute atomic E-state index is 0. The van der Waals surface area contributed by atoms with Gasteiger partial charge >= 0.3 is 6.18 Å². The fourth-order valence-corrected chi connectivity index (χ4v) is 3.10. The molecule has 1 aromatic rings. The molecule has 0 amide bonds. The maximum absolute atomic E-state index is 12.5. The Hall–Kier alpha value is -1.43. The second kappa shape index (κ2) is 11.5. The zero-order valence-electron chi connectivity index (χ0n) is 16.3. The number of methoxy groups -OCH3 is 2. The van der Waals surface area contributed by atoms with Crippen LogP contribution < -0.4 is 20.1 Å². The van der Waals surface area contributed by atoms with Gasteiger partial charge in [0.25, 0.3) is 0 Å². The predicted octanol–water partition coefficient (Wildman–Crippen LogP) is 2.67. The fourth-order valence-electron chi connectivity index (χ4n) is 3.10. The van der Waals surface area contributed by atoms with E-state index in [1.807, 2.05) is 18.2 Å². The molecule has 1 heterocycles. The van der Waals surface area contributed by atoms with Crippen molar-refractivity contribution in [1.29, 1.82) is 0 Å². The SMILES string of the molecule is CN=C(NCCc1ccc(OC)c(OC)c1)NC1CCN(CC(F)(F)F)C1.I. The highest BCUT2D eigenvalue weighted by molar-refractivity contribution is 14.0. The molecule has 0 radical (unpaired) electrons. The van der Waals surface area contributed by atoms with Crippen molar-refractivity contribution >= 4 is 29.9 Å². The zero-order chi connectivity index (χ0) is 19.9. The van der Waals surface area contributed by atoms with E-state index in [4.69, 9.17) is 9.47 Å². The molecular formula is C18H28F3IN4O2. The summed E-state index contributed by atoms with van der Waals surface area (Å²) in [6.45, 7) is 0.556. The number of guanidine groups is 1. The third-order valence-corrected chi connectivity index (χ3v) is 4.39. The summed E-state index contributed by atoms with van der Waals surface area (Å²) in [4.78, 5) is 5.56. The number of rotatable bonds is 7. The van der Waals surface area contributed by atoms with E-state index >= 15 is 0 Å². The fraction of sp³-hybridized carbons (Fsp3) is 0.611. The number of nitrogens with one attached hydrogen (secondary N) is 2. The normalized spacial score (nSPS) is 17.8. The molecule has 6 nitrogen and oxygen atoms in total. The number of halogens is 4. The highest BCUT2D eigenvalue weighted by Crippen LogP contribution is 2.27. The first kappa shape index (κ1) is 24.6. The average molecular weight is 516 g/mol. The Morgan fingerprint density at radius 3 is 2.57 bits per heavy atom. The van der Waals surface area contributed by atoms with E-state index in [0.717, 1.165) is 12.0 Å². The van der Waals surface area contributed by atoms with E-state index < -0.39 is 12.7 Å². The van der Waals surface area contributed by atoms with Gasteiger partial charge in [0.1, 0.15) is 0 Å². The van der Waals surface area contributed by atoms with Crippen molar-refractivity contribution in [2.45, 2.75) is 25.1 Å². The summed E-state index contributed by atoms with van der Waals surface area (Å²) in [6, 6.07) is 5.70. The van der Waals surface area contributed by atoms with Crippen LogP contribution in [0, 0.1) is 0 Å². The summed E-state index contributed by atoms with van der Waals surface area (Å²) in [5, 5.41) is 6.39. The van der Waals surface area contributed by atoms with Crippen molar-refractivity contribution in [3.63, 3.8) is 0 Å². The monoisotopic (exact) mass is 516 g/mol. The van der Waals surface area contributed by atoms with E-state index in [2.05, 4.69) is 15.6 Å². The van der Waals surface area contributed by atoms with Crippen molar-refractivity contribution in [3.8, 4) is 11.5 Å². The van der Waals surface area contributed by atoms with Gasteiger partial charge < -0.3 is 20.1 Å². The van der Waals surface area contributed by atoms with E-state index in [-0.39, 0.29) is 30.0 Å². The smallest absolute Gasteiger partial charge is 0.401 e. The lowest BCUT2D eigenvalue weighted by molar-refractivity contribution is -0.143. The van der Waals surface area contributed by atoms with Gasteiger partial charge in [0.15, 0.2) is 17.5 Å². The second-order valence-electron chi connectivity index (χ2n) is 6.42. The van der Waals surface area contributed by atoms with Crippen molar-refractivity contribution in [3.05, 3.63) is 23.8 Å². The first-order valence-corrected chi connectivity index (χ1v) is 8.82. The number of hydrogen-bond donors (Lipinski definition) is 2. The molecular weight excluding hydrogens is 488 g/mol. The molecule has 0 aromatic heterocycles. The molecule has 2 rings (SSSR count). The number of hydrogen-bond acceptors (Lipinski definition) is 4. The van der Waals surface area contributed by atoms with Gasteiger partial charge in [-0.2, -0.15) is 13.2 Å². The molecule has 1 aliphatic rings. The van der Waals surface area contributed by atoms with Crippen LogP contribution in [-0.4, -0.2) is 70.5 Å². The summed E-state index contributed by atoms with van der Waals surface area (Å²) >= 11 is 0. The first-order valence-electron chi connectivity index (χ1n) is 8.82. The van der Waals surface area contributed by atoms with Crippen LogP contribution in [0.3, 0.4) is 0 Å². The van der Waals surface area contributed by atoms with Crippen molar-refractivity contribution in [1.82, 2.24) is 15.5 Å². The van der Waals surface area contributed by atoms with Crippen LogP contribution in [-0.2, 0) is 6.42 Å². The molecule has 28 heavy (non-hydrogen) atoms. The number of aliphatic imine (C=N–C) groups is 1. The molecule has 1 unspecified atom stereocenters. The van der Waals surface area contributed by atoms with E-state index in [9.17, 15) is 13.2 Å². The van der Waals surface area contributed by atoms with Crippen LogP contribution >= 0.6 is 24.0 Å². The van der Waals surface area contributed by atoms with Gasteiger partial charge in [-0.05, 0) is 30.5 Å². The van der Waals surface area contributed by atoms with Crippen molar-refractivity contribution in [2.75, 3.05) is 47.4 Å². The van der Waals surface area contributed by atoms with Crippen LogP contribution in [0.1, 0.15) is 12.0 Å². The van der Waals surface area contributed by atoms with Gasteiger partial charge in [-0.3, -0.25) is 9.89 Å². The average Bonchev–Trinajstić information content (AvgIpc) is 3.05. The van der Waals surface area contributed by atoms with Crippen LogP contribution in [0.15, 0.2) is 23.2 Å². The summed E-state index contributed by atoms with van der Waals surface area (Å²) in [5.74, 6) is 1.94. The van der Waals surface area contributed by atoms with Crippen molar-refractivity contribution < 1.29 is 22.6 Å². The highest BCUT2D eigenvalue weighted by Gasteiger charge is 2.34. The zero-order valence-corrected chi connectivity index (χ0v) is 18.6. The van der Waals surface area contributed by atoms with Gasteiger partial charge in [0, 0.05) is 32.7 Å². The molecule has 1 fully saturated rings. The lowest BCUT2D eigenvalue weighted by Gasteiger charge is -2.20. The van der Waals surface area contributed by atoms with Gasteiger partial charge in [0.05, 0.1) is 20.8 Å². The Morgan fingerprint density at radius 1 is 1.25 bits per heavy atom. The third kappa shape index (κ3) is 7.90. The van der Waals surface area contributed by atoms with Gasteiger partial charge in [-0.25, -0.2) is 0 Å². The molecule has 0 spiro atoms. The quantitative estimate of drug-likeness (QED) is 0.332. The summed E-state index contributed by atoms with van der Waals surface area (Å²) in [6.07, 6.45) is -2.76. The molecule has 1 saturated heterocycles. The number of alkyl halides is 3. The minimum Gasteiger partial charge on any atom is -0.493 e. The maximum Gasteiger partial charge on any atom is 0.401 e. The molecule has 2 N–H and O–H groups in total. The predicted molar refractivity (Wildman–Crippen MR) is 114 cm³/mol. The lowest BCUT2D eigenvalue weighted by atomic mass is 10.1. The third-order valence-electron chi connectivity index (χ3n) is 4.39. The Kier molecular flexibility index (Phi) is 10.1. The van der Waals surface area contributed by atoms with Gasteiger partial charge in [0.2, 0.25) is 0 Å². The van der Waals surface area contributed by atoms with Gasteiger partial charge in [-0.15, -0.1) is 24.0 Å². The standard InChI is InChI=1S/C18H27F3N4O2.HI/c1-22-17(24-14-7-9-25(11-14)12-18(19,20)21)23-8-6-13-4-5-15(26-2)16(10-13)27-3;/h4-5,10,14H,6-9,11-12H2,1-3H3,(H2,22,23,24);1H. The van der Waals surface area contributed by atoms with E-state index in [1.54, 1.807) is 21.3 Å². The summed E-state index contributed by atoms with van der Waals surface area (Å²) in [5.41, 5.74) is 1.08. The number of ether oxygens (including phenoxy) is 2. The minimum atomic E-state index is -4.16. The summed E-state index contributed by atoms with van der Waals surface area (Å²) < 4.78 is 47.9. The number of nitrogens with zero attached hydrogens (tertiary/aromatic N) is 2. The molecule has 0 aliphatic carbocycles. The second-order valence-corrected chi connectivity index (χ2v) is 6.42. The number of likely N-dealkylation sites (tertiary alicyclic amines) is 1. The van der Waals surface area contributed by atoms with Crippen LogP contribution in [0.4, 0.5) is 13.2 Å². The van der Waals surface area contributed by atoms with Crippen molar-refractivity contribution in [2.24, 2.45) is 4.99 Å². The summed E-state index contributed by atoms with van der Waals surface area (Å²) in [7, 11) is 4.83. The first-order chi connectivity index (χ1) is 12.8. The Bertz CT molecular complexity index is 644.